The van der Waals surface area contributed by atoms with Crippen LogP contribution in [0.15, 0.2) is 109 Å². The second kappa shape index (κ2) is 21.0. The largest absolute Gasteiger partial charge is 0.461 e. The molecule has 10 heteroatoms. The van der Waals surface area contributed by atoms with Gasteiger partial charge in [0.15, 0.2) is 0 Å². The van der Waals surface area contributed by atoms with Gasteiger partial charge in [-0.2, -0.15) is 0 Å². The molecule has 0 saturated heterocycles. The number of hydrogen-bond acceptors (Lipinski definition) is 5. The molecule has 0 spiro atoms. The predicted molar refractivity (Wildman–Crippen MR) is 222 cm³/mol. The number of nitrogens with one attached hydrogen (secondary N) is 1. The van der Waals surface area contributed by atoms with Crippen LogP contribution in [0.5, 0.6) is 0 Å². The summed E-state index contributed by atoms with van der Waals surface area (Å²) in [6.07, 6.45) is 6.52. The molecule has 1 aromatic heterocycles. The summed E-state index contributed by atoms with van der Waals surface area (Å²) in [5, 5.41) is 4.40. The van der Waals surface area contributed by atoms with Gasteiger partial charge in [0, 0.05) is 54.1 Å². The first-order valence-corrected chi connectivity index (χ1v) is 20.0. The Labute approximate surface area is 335 Å². The van der Waals surface area contributed by atoms with Crippen molar-refractivity contribution < 1.29 is 23.9 Å². The van der Waals surface area contributed by atoms with Crippen LogP contribution in [0.3, 0.4) is 0 Å². The van der Waals surface area contributed by atoms with Crippen LogP contribution in [0.4, 0.5) is 0 Å². The number of nitrogens with zero attached hydrogens (tertiary/aromatic N) is 2. The van der Waals surface area contributed by atoms with Crippen molar-refractivity contribution in [3.8, 4) is 0 Å². The Morgan fingerprint density at radius 1 is 0.821 bits per heavy atom. The zero-order chi connectivity index (χ0) is 39.9. The number of rotatable bonds is 21. The third-order valence-electron chi connectivity index (χ3n) is 9.99. The summed E-state index contributed by atoms with van der Waals surface area (Å²) in [7, 11) is 0. The Kier molecular flexibility index (Phi) is 15.7. The van der Waals surface area contributed by atoms with Gasteiger partial charge in [-0.1, -0.05) is 123 Å². The second-order valence-electron chi connectivity index (χ2n) is 14.3. The molecule has 4 aromatic carbocycles. The lowest BCUT2D eigenvalue weighted by Crippen LogP contribution is -2.53. The van der Waals surface area contributed by atoms with Crippen molar-refractivity contribution >= 4 is 46.2 Å². The van der Waals surface area contributed by atoms with E-state index in [0.29, 0.717) is 36.5 Å². The standard InChI is InChI=1S/C46H53ClN4O5/c1-3-5-14-33-23-25-34(26-24-33)28-37(29-43(48)52)51(27-4-2)46(55)41(20-13-22-44(53)56-32-35-15-7-6-8-16-35)49-45(54)39-31-50(42-21-12-10-18-38(39)42)30-36-17-9-11-19-40(36)47/h6-12,15-19,21,23-26,31,37,41H,3-5,13-14,20,22,27-30,32H2,1-2H3,(H2,48,52)(H,49,54)/t37-,41-/m0/s1. The van der Waals surface area contributed by atoms with Gasteiger partial charge in [0.2, 0.25) is 11.8 Å². The highest BCUT2D eigenvalue weighted by Gasteiger charge is 2.32. The molecular formula is C46H53ClN4O5. The lowest BCUT2D eigenvalue weighted by atomic mass is 9.97. The molecule has 0 aliphatic rings. The maximum Gasteiger partial charge on any atom is 0.306 e. The van der Waals surface area contributed by atoms with Crippen LogP contribution in [0.25, 0.3) is 10.9 Å². The van der Waals surface area contributed by atoms with Crippen LogP contribution in [0.2, 0.25) is 5.02 Å². The zero-order valence-corrected chi connectivity index (χ0v) is 33.2. The molecule has 0 aliphatic carbocycles. The molecule has 5 aromatic rings. The fourth-order valence-corrected chi connectivity index (χ4v) is 7.25. The number of ether oxygens (including phenoxy) is 1. The van der Waals surface area contributed by atoms with Gasteiger partial charge in [-0.25, -0.2) is 0 Å². The molecule has 0 radical (unpaired) electrons. The Morgan fingerprint density at radius 3 is 2.23 bits per heavy atom. The number of amides is 3. The predicted octanol–water partition coefficient (Wildman–Crippen LogP) is 8.42. The first-order chi connectivity index (χ1) is 27.2. The third-order valence-corrected chi connectivity index (χ3v) is 10.4. The molecule has 294 valence electrons. The van der Waals surface area contributed by atoms with Gasteiger partial charge < -0.3 is 25.3 Å². The van der Waals surface area contributed by atoms with Crippen LogP contribution < -0.4 is 11.1 Å². The van der Waals surface area contributed by atoms with Gasteiger partial charge in [0.1, 0.15) is 12.6 Å². The van der Waals surface area contributed by atoms with Gasteiger partial charge in [-0.15, -0.1) is 0 Å². The minimum Gasteiger partial charge on any atom is -0.461 e. The van der Waals surface area contributed by atoms with Gasteiger partial charge in [-0.3, -0.25) is 19.2 Å². The van der Waals surface area contributed by atoms with Gasteiger partial charge in [-0.05, 0) is 72.9 Å². The highest BCUT2D eigenvalue weighted by Crippen LogP contribution is 2.26. The summed E-state index contributed by atoms with van der Waals surface area (Å²) in [5.74, 6) is -1.66. The van der Waals surface area contributed by atoms with Crippen molar-refractivity contribution in [1.82, 2.24) is 14.8 Å². The Morgan fingerprint density at radius 2 is 1.52 bits per heavy atom. The van der Waals surface area contributed by atoms with Gasteiger partial charge in [0.05, 0.1) is 5.56 Å². The van der Waals surface area contributed by atoms with E-state index in [2.05, 4.69) is 24.4 Å². The minimum atomic E-state index is -0.992. The van der Waals surface area contributed by atoms with E-state index in [1.165, 1.54) is 5.56 Å². The molecule has 3 amide bonds. The molecular weight excluding hydrogens is 724 g/mol. The molecule has 0 unspecified atom stereocenters. The molecule has 56 heavy (non-hydrogen) atoms. The van der Waals surface area contributed by atoms with Crippen LogP contribution in [0.1, 0.15) is 91.4 Å². The number of nitrogens with two attached hydrogens (primary N) is 1. The van der Waals surface area contributed by atoms with E-state index in [1.807, 2.05) is 102 Å². The van der Waals surface area contributed by atoms with Crippen LogP contribution in [-0.4, -0.2) is 51.8 Å². The quantitative estimate of drug-likeness (QED) is 0.0725. The summed E-state index contributed by atoms with van der Waals surface area (Å²) in [4.78, 5) is 56.0. The first-order valence-electron chi connectivity index (χ1n) is 19.6. The number of benzene rings is 4. The number of hydrogen-bond donors (Lipinski definition) is 2. The van der Waals surface area contributed by atoms with E-state index in [4.69, 9.17) is 22.1 Å². The van der Waals surface area contributed by atoms with Crippen molar-refractivity contribution in [3.63, 3.8) is 0 Å². The number of aromatic nitrogens is 1. The summed E-state index contributed by atoms with van der Waals surface area (Å²) in [5.41, 5.74) is 11.0. The molecule has 1 heterocycles. The third kappa shape index (κ3) is 11.8. The average Bonchev–Trinajstić information content (AvgIpc) is 3.57. The summed E-state index contributed by atoms with van der Waals surface area (Å²) in [6.45, 7) is 5.08. The average molecular weight is 777 g/mol. The van der Waals surface area contributed by atoms with Crippen LogP contribution in [-0.2, 0) is 45.1 Å². The number of para-hydroxylation sites is 1. The van der Waals surface area contributed by atoms with E-state index in [1.54, 1.807) is 11.1 Å². The first kappa shape index (κ1) is 41.7. The maximum atomic E-state index is 14.7. The Balaban J connectivity index is 1.40. The topological polar surface area (TPSA) is 124 Å². The zero-order valence-electron chi connectivity index (χ0n) is 32.4. The molecule has 3 N–H and O–H groups in total. The fourth-order valence-electron chi connectivity index (χ4n) is 7.06. The normalized spacial score (nSPS) is 12.2. The fraction of sp³-hybridized carbons (Fsp3) is 0.348. The van der Waals surface area contributed by atoms with Crippen LogP contribution >= 0.6 is 11.6 Å². The second-order valence-corrected chi connectivity index (χ2v) is 14.7. The Bertz CT molecular complexity index is 2060. The number of esters is 1. The highest BCUT2D eigenvalue weighted by atomic mass is 35.5. The van der Waals surface area contributed by atoms with Crippen molar-refractivity contribution in [2.45, 2.75) is 96.9 Å². The van der Waals surface area contributed by atoms with Crippen LogP contribution in [0, 0.1) is 0 Å². The maximum absolute atomic E-state index is 14.7. The molecule has 9 nitrogen and oxygen atoms in total. The smallest absolute Gasteiger partial charge is 0.306 e. The molecule has 5 rings (SSSR count). The molecule has 0 fully saturated rings. The van der Waals surface area contributed by atoms with Crippen molar-refractivity contribution in [3.05, 3.63) is 142 Å². The highest BCUT2D eigenvalue weighted by molar-refractivity contribution is 6.31. The van der Waals surface area contributed by atoms with Gasteiger partial charge in [0.25, 0.3) is 5.91 Å². The number of primary amides is 1. The number of aryl methyl sites for hydroxylation is 1. The van der Waals surface area contributed by atoms with Gasteiger partial charge >= 0.3 is 5.97 Å². The summed E-state index contributed by atoms with van der Waals surface area (Å²) in [6, 6.07) is 31.4. The summed E-state index contributed by atoms with van der Waals surface area (Å²) >= 11 is 6.51. The van der Waals surface area contributed by atoms with E-state index in [-0.39, 0.29) is 38.2 Å². The lowest BCUT2D eigenvalue weighted by molar-refractivity contribution is -0.145. The summed E-state index contributed by atoms with van der Waals surface area (Å²) < 4.78 is 7.49. The number of halogens is 1. The Hall–Kier alpha value is -5.41. The number of carbonyl (C=O) groups is 4. The van der Waals surface area contributed by atoms with Crippen molar-refractivity contribution in [2.75, 3.05) is 6.54 Å². The van der Waals surface area contributed by atoms with E-state index in [9.17, 15) is 19.2 Å². The molecule has 0 bridgehead atoms. The van der Waals surface area contributed by atoms with E-state index >= 15 is 0 Å². The van der Waals surface area contributed by atoms with Crippen molar-refractivity contribution in [2.24, 2.45) is 5.73 Å². The van der Waals surface area contributed by atoms with E-state index < -0.39 is 29.9 Å². The molecule has 0 saturated carbocycles. The molecule has 0 aliphatic heterocycles. The monoisotopic (exact) mass is 776 g/mol. The lowest BCUT2D eigenvalue weighted by Gasteiger charge is -2.34. The number of carbonyl (C=O) groups excluding carboxylic acids is 4. The van der Waals surface area contributed by atoms with E-state index in [0.717, 1.165) is 46.9 Å². The SMILES string of the molecule is CCCCc1ccc(C[C@@H](CC(N)=O)N(CCC)C(=O)[C@H](CCCC(=O)OCc2ccccc2)NC(=O)c2cn(Cc3ccccc3Cl)c3ccccc23)cc1. The number of fused-ring (bicyclic) bond motifs is 1. The minimum absolute atomic E-state index is 0.0364. The molecule has 2 atom stereocenters. The van der Waals surface area contributed by atoms with Crippen molar-refractivity contribution in [1.29, 1.82) is 0 Å². The number of unbranched alkanes of at least 4 members (excludes halogenated alkanes) is 1.